The van der Waals surface area contributed by atoms with E-state index in [1.54, 1.807) is 44.2 Å². The molecule has 55 heavy (non-hydrogen) atoms. The monoisotopic (exact) mass is 768 g/mol. The number of carbonyl (C=O) groups excluding carboxylic acids is 5. The number of ether oxygens (including phenoxy) is 3. The maximum absolute atomic E-state index is 13.2. The van der Waals surface area contributed by atoms with Crippen LogP contribution in [0, 0.1) is 12.3 Å². The second-order valence-corrected chi connectivity index (χ2v) is 12.9. The highest BCUT2D eigenvalue weighted by molar-refractivity contribution is 5.86. The molecule has 2 aliphatic heterocycles. The lowest BCUT2D eigenvalue weighted by Crippen LogP contribution is -2.49. The molecule has 4 amide bonds. The third-order valence-corrected chi connectivity index (χ3v) is 8.58. The molecule has 1 aromatic heterocycles. The van der Waals surface area contributed by atoms with Crippen molar-refractivity contribution in [3.05, 3.63) is 69.0 Å². The van der Waals surface area contributed by atoms with Gasteiger partial charge in [-0.3, -0.25) is 33.5 Å². The number of hydrogen-bond acceptors (Lipinski definition) is 14. The van der Waals surface area contributed by atoms with E-state index in [-0.39, 0.29) is 57.7 Å². The highest BCUT2D eigenvalue weighted by Gasteiger charge is 2.44. The molecular formula is C35H44N8O12. The number of nitrogens with one attached hydrogen (secondary N) is 5. The van der Waals surface area contributed by atoms with E-state index >= 15 is 0 Å². The van der Waals surface area contributed by atoms with Crippen molar-refractivity contribution in [1.82, 2.24) is 30.8 Å². The molecule has 7 unspecified atom stereocenters. The Labute approximate surface area is 314 Å². The molecule has 20 heteroatoms. The third-order valence-electron chi connectivity index (χ3n) is 8.58. The lowest BCUT2D eigenvalue weighted by Gasteiger charge is -2.29. The van der Waals surface area contributed by atoms with Crippen LogP contribution in [0.3, 0.4) is 0 Å². The quantitative estimate of drug-likeness (QED) is 0.0672. The molecule has 7 atom stereocenters. The molecule has 2 aliphatic rings. The Morgan fingerprint density at radius 2 is 1.76 bits per heavy atom. The molecule has 3 heterocycles. The number of amides is 4. The fraction of sp³-hybridized carbons (Fsp3) is 0.514. The number of aromatic nitrogens is 2. The number of terminal acetylenes is 1. The van der Waals surface area contributed by atoms with Gasteiger partial charge in [-0.25, -0.2) is 9.59 Å². The summed E-state index contributed by atoms with van der Waals surface area (Å²) in [6.07, 6.45) is -1.76. The molecule has 0 spiro atoms. The van der Waals surface area contributed by atoms with Crippen molar-refractivity contribution in [3.63, 3.8) is 0 Å². The lowest BCUT2D eigenvalue weighted by molar-refractivity contribution is -0.145. The first-order valence-electron chi connectivity index (χ1n) is 17.5. The Hall–Kier alpha value is -5.91. The molecule has 20 nitrogen and oxygen atoms in total. The molecule has 0 aliphatic carbocycles. The number of nitrogens with zero attached hydrogens (tertiary/aromatic N) is 3. The van der Waals surface area contributed by atoms with E-state index in [1.807, 2.05) is 4.98 Å². The first-order chi connectivity index (χ1) is 26.2. The largest absolute Gasteiger partial charge is 0.466 e. The fourth-order valence-corrected chi connectivity index (χ4v) is 5.43. The average Bonchev–Trinajstić information content (AvgIpc) is 3.84. The normalized spacial score (nSPS) is 20.9. The maximum Gasteiger partial charge on any atom is 0.408 e. The van der Waals surface area contributed by atoms with E-state index in [1.165, 1.54) is 0 Å². The number of alkyl carbamates (subject to hydrolysis) is 1. The van der Waals surface area contributed by atoms with Crippen LogP contribution in [0.5, 0.6) is 0 Å². The Morgan fingerprint density at radius 3 is 2.42 bits per heavy atom. The Kier molecular flexibility index (Phi) is 14.8. The van der Waals surface area contributed by atoms with Crippen molar-refractivity contribution < 1.29 is 48.4 Å². The van der Waals surface area contributed by atoms with Gasteiger partial charge in [0.05, 0.1) is 25.6 Å². The van der Waals surface area contributed by atoms with Gasteiger partial charge < -0.3 is 45.7 Å². The van der Waals surface area contributed by atoms with E-state index in [9.17, 15) is 43.8 Å². The number of benzene rings is 1. The first kappa shape index (κ1) is 41.8. The van der Waals surface area contributed by atoms with Crippen LogP contribution in [0.4, 0.5) is 4.79 Å². The molecular weight excluding hydrogens is 724 g/mol. The van der Waals surface area contributed by atoms with E-state index < -0.39 is 83.5 Å². The van der Waals surface area contributed by atoms with E-state index in [0.29, 0.717) is 5.56 Å². The lowest BCUT2D eigenvalue weighted by atomic mass is 9.99. The first-order valence-corrected chi connectivity index (χ1v) is 17.5. The van der Waals surface area contributed by atoms with Gasteiger partial charge in [-0.1, -0.05) is 37.3 Å². The topological polar surface area (TPSA) is 281 Å². The number of H-pyrrole nitrogens is 1. The summed E-state index contributed by atoms with van der Waals surface area (Å²) in [7, 11) is 0. The molecule has 0 saturated carbocycles. The molecule has 1 aromatic carbocycles. The van der Waals surface area contributed by atoms with Crippen molar-refractivity contribution in [2.24, 2.45) is 10.2 Å². The zero-order valence-electron chi connectivity index (χ0n) is 30.1. The van der Waals surface area contributed by atoms with Crippen LogP contribution in [-0.2, 0) is 33.4 Å². The molecule has 1 fully saturated rings. The van der Waals surface area contributed by atoms with Crippen molar-refractivity contribution in [1.29, 1.82) is 0 Å². The summed E-state index contributed by atoms with van der Waals surface area (Å²) in [4.78, 5) is 89.1. The minimum Gasteiger partial charge on any atom is -0.466 e. The fourth-order valence-electron chi connectivity index (χ4n) is 5.43. The van der Waals surface area contributed by atoms with Gasteiger partial charge in [0.2, 0.25) is 23.4 Å². The van der Waals surface area contributed by atoms with Crippen LogP contribution in [0.2, 0.25) is 0 Å². The summed E-state index contributed by atoms with van der Waals surface area (Å²) in [5.74, 6) is 0.0375. The zero-order chi connectivity index (χ0) is 40.1. The van der Waals surface area contributed by atoms with Crippen molar-refractivity contribution in [3.8, 4) is 12.3 Å². The minimum absolute atomic E-state index is 0.0187. The van der Waals surface area contributed by atoms with E-state index in [2.05, 4.69) is 37.4 Å². The van der Waals surface area contributed by atoms with Crippen LogP contribution in [-0.4, -0.2) is 105 Å². The molecule has 0 bridgehead atoms. The Bertz CT molecular complexity index is 1870. The van der Waals surface area contributed by atoms with Gasteiger partial charge >= 0.3 is 17.8 Å². The van der Waals surface area contributed by atoms with Gasteiger partial charge in [-0.15, -0.1) is 12.3 Å². The summed E-state index contributed by atoms with van der Waals surface area (Å²) in [5, 5.41) is 38.8. The number of hydrogen-bond donors (Lipinski definition) is 7. The van der Waals surface area contributed by atoms with Crippen molar-refractivity contribution in [2.45, 2.75) is 94.3 Å². The van der Waals surface area contributed by atoms with Gasteiger partial charge in [-0.2, -0.15) is 10.2 Å². The summed E-state index contributed by atoms with van der Waals surface area (Å²) >= 11 is 0. The van der Waals surface area contributed by atoms with Gasteiger partial charge in [0, 0.05) is 44.5 Å². The molecule has 4 rings (SSSR count). The van der Waals surface area contributed by atoms with Crippen molar-refractivity contribution in [2.75, 3.05) is 19.7 Å². The highest BCUT2D eigenvalue weighted by atomic mass is 16.6. The summed E-state index contributed by atoms with van der Waals surface area (Å²) in [6, 6.07) is 7.47. The van der Waals surface area contributed by atoms with E-state index in [4.69, 9.17) is 20.6 Å². The van der Waals surface area contributed by atoms with Crippen LogP contribution < -0.4 is 32.5 Å². The van der Waals surface area contributed by atoms with Crippen LogP contribution in [0.15, 0.2) is 62.4 Å². The van der Waals surface area contributed by atoms with Gasteiger partial charge in [0.25, 0.3) is 5.56 Å². The average molecular weight is 769 g/mol. The summed E-state index contributed by atoms with van der Waals surface area (Å²) in [6.45, 7) is 2.94. The molecule has 0 radical (unpaired) electrons. The maximum atomic E-state index is 13.2. The predicted octanol–water partition coefficient (Wildman–Crippen LogP) is -0.962. The predicted molar refractivity (Wildman–Crippen MR) is 190 cm³/mol. The van der Waals surface area contributed by atoms with Gasteiger partial charge in [0.1, 0.15) is 30.5 Å². The van der Waals surface area contributed by atoms with Crippen LogP contribution >= 0.6 is 0 Å². The highest BCUT2D eigenvalue weighted by Crippen LogP contribution is 2.28. The Morgan fingerprint density at radius 1 is 1.04 bits per heavy atom. The number of aliphatic hydroxyl groups is 2. The summed E-state index contributed by atoms with van der Waals surface area (Å²) in [5.41, 5.74) is -1.75. The minimum atomic E-state index is -1.54. The number of aromatic amines is 1. The standard InChI is InChI=1S/C35H44N8O12/c1-4-9-22(31(50)37-19-35(3)41-42-35)39-34(52)55-30(20-10-7-6-8-11-20)21(38-24(44)5-2)15-17-53-27(47)13-12-25(45)36-18-23-28(48)29(49)32(54-23)43-16-14-26(46)40-33(43)51/h1,6-8,10-11,14,16,21-23,28-30,32,48-49H,5,9,12-13,15,17-19H2,2-3H3,(H,36,45)(H,37,50)(H,38,44)(H,39,52)(H,40,46,51). The second-order valence-electron chi connectivity index (χ2n) is 12.9. The molecule has 296 valence electrons. The second kappa shape index (κ2) is 19.4. The van der Waals surface area contributed by atoms with Gasteiger partial charge in [-0.05, 0) is 12.5 Å². The smallest absolute Gasteiger partial charge is 0.408 e. The number of aliphatic hydroxyl groups excluding tert-OH is 2. The van der Waals surface area contributed by atoms with Crippen LogP contribution in [0.1, 0.15) is 63.8 Å². The number of rotatable bonds is 19. The number of carbonyl (C=O) groups is 5. The van der Waals surface area contributed by atoms with Crippen LogP contribution in [0.25, 0.3) is 0 Å². The molecule has 2 aromatic rings. The third kappa shape index (κ3) is 12.3. The summed E-state index contributed by atoms with van der Waals surface area (Å²) < 4.78 is 17.6. The van der Waals surface area contributed by atoms with Gasteiger partial charge in [0.15, 0.2) is 6.23 Å². The van der Waals surface area contributed by atoms with E-state index in [0.717, 1.165) is 16.8 Å². The SMILES string of the molecule is C#CCC(NC(=O)OC(c1ccccc1)C(CCOC(=O)CCC(=O)NCC1OC(n2ccc(=O)[nH]c2=O)C(O)C1O)NC(=O)CC)C(=O)NCC1(C)N=N1. The molecule has 7 N–H and O–H groups in total. The Balaban J connectivity index is 1.29. The number of esters is 1. The molecule has 1 saturated heterocycles. The van der Waals surface area contributed by atoms with Crippen molar-refractivity contribution >= 4 is 29.8 Å². The zero-order valence-corrected chi connectivity index (χ0v) is 30.1.